The molecule has 11 rings (SSSR count). The number of rotatable bonds is 6. The van der Waals surface area contributed by atoms with E-state index in [1.807, 2.05) is 24.3 Å². The number of aromatic nitrogens is 3. The van der Waals surface area contributed by atoms with Crippen molar-refractivity contribution in [1.82, 2.24) is 14.5 Å². The highest BCUT2D eigenvalue weighted by molar-refractivity contribution is 6.16. The van der Waals surface area contributed by atoms with E-state index < -0.39 is 0 Å². The van der Waals surface area contributed by atoms with Crippen molar-refractivity contribution in [3.05, 3.63) is 193 Å². The molecule has 9 aromatic rings. The van der Waals surface area contributed by atoms with E-state index in [-0.39, 0.29) is 0 Å². The lowest BCUT2D eigenvalue weighted by Crippen LogP contribution is -1.97. The van der Waals surface area contributed by atoms with Crippen LogP contribution < -0.4 is 0 Å². The zero-order valence-electron chi connectivity index (χ0n) is 30.8. The van der Waals surface area contributed by atoms with Gasteiger partial charge in [0.15, 0.2) is 11.4 Å². The van der Waals surface area contributed by atoms with Crippen molar-refractivity contribution in [2.45, 2.75) is 25.2 Å². The molecule has 0 saturated carbocycles. The molecule has 3 heterocycles. The predicted octanol–water partition coefficient (Wildman–Crippen LogP) is 13.8. The lowest BCUT2D eigenvalue weighted by Gasteiger charge is -2.14. The molecular weight excluding hydrogens is 683 g/mol. The monoisotopic (exact) mass is 719 g/mol. The van der Waals surface area contributed by atoms with Crippen LogP contribution in [-0.2, 0) is 0 Å². The van der Waals surface area contributed by atoms with E-state index >= 15 is 0 Å². The zero-order chi connectivity index (χ0) is 37.0. The average Bonchev–Trinajstić information content (AvgIpc) is 3.83. The first kappa shape index (κ1) is 32.4. The minimum absolute atomic E-state index is 0.364. The van der Waals surface area contributed by atoms with Gasteiger partial charge in [-0.1, -0.05) is 146 Å². The molecule has 4 heteroatoms. The standard InChI is InChI=1S/C52H37N3O/c1-5-15-34(16-6-1)38-28-30-46-43(31-38)40-29-27-39(35-17-7-2-8-18-35)32-48(40)55(46)47-25-13-24-42-50-41(23-14-26-49(50)56-51(42)47)45-33-44(36-19-9-3-10-20-36)53-52(54-45)37-21-11-4-12-22-37/h1,3-7,9-15,17-34H,2,8,16H2. The van der Waals surface area contributed by atoms with E-state index in [0.717, 1.165) is 86.0 Å². The average molecular weight is 720 g/mol. The summed E-state index contributed by atoms with van der Waals surface area (Å²) in [7, 11) is 0. The number of fused-ring (bicyclic) bond motifs is 6. The van der Waals surface area contributed by atoms with Crippen molar-refractivity contribution in [2.75, 3.05) is 0 Å². The second-order valence-electron chi connectivity index (χ2n) is 14.8. The molecular formula is C52H37N3O. The molecule has 0 aliphatic heterocycles. The van der Waals surface area contributed by atoms with Gasteiger partial charge < -0.3 is 8.98 Å². The predicted molar refractivity (Wildman–Crippen MR) is 232 cm³/mol. The molecule has 0 N–H and O–H groups in total. The Morgan fingerprint density at radius 2 is 1.43 bits per heavy atom. The lowest BCUT2D eigenvalue weighted by molar-refractivity contribution is 0.666. The number of furan rings is 1. The van der Waals surface area contributed by atoms with Gasteiger partial charge in [-0.25, -0.2) is 9.97 Å². The number of hydrogen-bond acceptors (Lipinski definition) is 3. The van der Waals surface area contributed by atoms with Crippen LogP contribution in [0.5, 0.6) is 0 Å². The van der Waals surface area contributed by atoms with Gasteiger partial charge in [-0.05, 0) is 72.4 Å². The fourth-order valence-electron chi connectivity index (χ4n) is 8.64. The molecule has 4 nitrogen and oxygen atoms in total. The summed E-state index contributed by atoms with van der Waals surface area (Å²) in [5.41, 5.74) is 13.6. The van der Waals surface area contributed by atoms with Crippen LogP contribution in [0.25, 0.3) is 88.9 Å². The van der Waals surface area contributed by atoms with Crippen molar-refractivity contribution in [2.24, 2.45) is 0 Å². The quantitative estimate of drug-likeness (QED) is 0.172. The number of para-hydroxylation sites is 1. The van der Waals surface area contributed by atoms with Crippen LogP contribution in [0.2, 0.25) is 0 Å². The van der Waals surface area contributed by atoms with E-state index in [1.54, 1.807) is 0 Å². The molecule has 0 fully saturated rings. The molecule has 0 saturated heterocycles. The summed E-state index contributed by atoms with van der Waals surface area (Å²) in [6.45, 7) is 0. The first-order chi connectivity index (χ1) is 27.8. The number of hydrogen-bond donors (Lipinski definition) is 0. The molecule has 56 heavy (non-hydrogen) atoms. The molecule has 6 aromatic carbocycles. The van der Waals surface area contributed by atoms with Gasteiger partial charge in [0.2, 0.25) is 0 Å². The van der Waals surface area contributed by atoms with Gasteiger partial charge >= 0.3 is 0 Å². The Bertz CT molecular complexity index is 3050. The van der Waals surface area contributed by atoms with Crippen LogP contribution >= 0.6 is 0 Å². The molecule has 0 radical (unpaired) electrons. The SMILES string of the molecule is C1=CCC(c2ccc3c(c2)c2ccc(C4=CCCC=C4)cc2n3-c2cccc3c2oc2cccc(-c4cc(-c5ccccc5)nc(-c5ccccc5)n4)c23)C=C1. The molecule has 1 atom stereocenters. The van der Waals surface area contributed by atoms with E-state index in [0.29, 0.717) is 11.7 Å². The highest BCUT2D eigenvalue weighted by Gasteiger charge is 2.22. The maximum Gasteiger partial charge on any atom is 0.160 e. The first-order valence-corrected chi connectivity index (χ1v) is 19.5. The summed E-state index contributed by atoms with van der Waals surface area (Å²) >= 11 is 0. The van der Waals surface area contributed by atoms with Crippen molar-refractivity contribution in [3.8, 4) is 39.6 Å². The van der Waals surface area contributed by atoms with Gasteiger partial charge in [-0.3, -0.25) is 0 Å². The second-order valence-corrected chi connectivity index (χ2v) is 14.8. The minimum atomic E-state index is 0.364. The molecule has 1 unspecified atom stereocenters. The fourth-order valence-corrected chi connectivity index (χ4v) is 8.64. The Balaban J connectivity index is 1.15. The number of allylic oxidation sites excluding steroid dienone is 8. The van der Waals surface area contributed by atoms with Gasteiger partial charge in [0.25, 0.3) is 0 Å². The zero-order valence-corrected chi connectivity index (χ0v) is 30.8. The van der Waals surface area contributed by atoms with Gasteiger partial charge in [0.1, 0.15) is 5.58 Å². The Hall–Kier alpha value is -7.04. The summed E-state index contributed by atoms with van der Waals surface area (Å²) in [6.07, 6.45) is 19.0. The maximum absolute atomic E-state index is 6.96. The summed E-state index contributed by atoms with van der Waals surface area (Å²) < 4.78 is 9.37. The van der Waals surface area contributed by atoms with Gasteiger partial charge in [-0.2, -0.15) is 0 Å². The topological polar surface area (TPSA) is 43.9 Å². The summed E-state index contributed by atoms with van der Waals surface area (Å²) in [5, 5.41) is 4.57. The van der Waals surface area contributed by atoms with Gasteiger partial charge in [-0.15, -0.1) is 0 Å². The van der Waals surface area contributed by atoms with E-state index in [9.17, 15) is 0 Å². The van der Waals surface area contributed by atoms with Crippen LogP contribution in [0.4, 0.5) is 0 Å². The molecule has 266 valence electrons. The van der Waals surface area contributed by atoms with Crippen LogP contribution in [0.15, 0.2) is 186 Å². The molecule has 3 aromatic heterocycles. The van der Waals surface area contributed by atoms with Crippen LogP contribution in [0.1, 0.15) is 36.3 Å². The third kappa shape index (κ3) is 5.45. The molecule has 0 amide bonds. The minimum Gasteiger partial charge on any atom is -0.454 e. The van der Waals surface area contributed by atoms with Gasteiger partial charge in [0, 0.05) is 44.2 Å². The summed E-state index contributed by atoms with van der Waals surface area (Å²) in [6, 6.07) is 49.5. The van der Waals surface area contributed by atoms with Gasteiger partial charge in [0.05, 0.1) is 28.1 Å². The lowest BCUT2D eigenvalue weighted by atomic mass is 9.91. The maximum atomic E-state index is 6.96. The normalized spacial score (nSPS) is 15.4. The van der Waals surface area contributed by atoms with Crippen molar-refractivity contribution in [1.29, 1.82) is 0 Å². The Morgan fingerprint density at radius 1 is 0.589 bits per heavy atom. The molecule has 0 bridgehead atoms. The fraction of sp³-hybridized carbons (Fsp3) is 0.0769. The highest BCUT2D eigenvalue weighted by Crippen LogP contribution is 2.43. The molecule has 2 aliphatic carbocycles. The van der Waals surface area contributed by atoms with Crippen LogP contribution in [-0.4, -0.2) is 14.5 Å². The third-order valence-corrected chi connectivity index (χ3v) is 11.4. The Labute approximate surface area is 325 Å². The Morgan fingerprint density at radius 3 is 2.25 bits per heavy atom. The number of benzene rings is 6. The van der Waals surface area contributed by atoms with Crippen molar-refractivity contribution >= 4 is 49.3 Å². The van der Waals surface area contributed by atoms with Crippen LogP contribution in [0.3, 0.4) is 0 Å². The van der Waals surface area contributed by atoms with Crippen LogP contribution in [0, 0.1) is 0 Å². The molecule has 2 aliphatic rings. The van der Waals surface area contributed by atoms with Crippen molar-refractivity contribution in [3.63, 3.8) is 0 Å². The second kappa shape index (κ2) is 13.4. The summed E-state index contributed by atoms with van der Waals surface area (Å²) in [4.78, 5) is 10.3. The number of nitrogens with zero attached hydrogens (tertiary/aromatic N) is 3. The molecule has 0 spiro atoms. The highest BCUT2D eigenvalue weighted by atomic mass is 16.3. The summed E-state index contributed by atoms with van der Waals surface area (Å²) in [5.74, 6) is 1.05. The Kier molecular flexibility index (Phi) is 7.73. The van der Waals surface area contributed by atoms with E-state index in [4.69, 9.17) is 14.4 Å². The first-order valence-electron chi connectivity index (χ1n) is 19.5. The largest absolute Gasteiger partial charge is 0.454 e. The van der Waals surface area contributed by atoms with Crippen molar-refractivity contribution < 1.29 is 4.42 Å². The smallest absolute Gasteiger partial charge is 0.160 e. The van der Waals surface area contributed by atoms with E-state index in [2.05, 4.69) is 162 Å². The third-order valence-electron chi connectivity index (χ3n) is 11.4. The van der Waals surface area contributed by atoms with E-state index in [1.165, 1.54) is 27.5 Å².